The molecule has 0 saturated carbocycles. The lowest BCUT2D eigenvalue weighted by Crippen LogP contribution is -2.37. The summed E-state index contributed by atoms with van der Waals surface area (Å²) in [4.78, 5) is 26.3. The second kappa shape index (κ2) is 8.58. The predicted molar refractivity (Wildman–Crippen MR) is 103 cm³/mol. The molecule has 142 valence electrons. The van der Waals surface area contributed by atoms with Crippen molar-refractivity contribution in [1.29, 1.82) is 0 Å². The molecule has 1 aliphatic rings. The third kappa shape index (κ3) is 4.78. The molecule has 2 aromatic rings. The Morgan fingerprint density at radius 3 is 2.56 bits per heavy atom. The first-order chi connectivity index (χ1) is 13.1. The van der Waals surface area contributed by atoms with E-state index in [1.54, 1.807) is 19.1 Å². The Kier molecular flexibility index (Phi) is 5.96. The van der Waals surface area contributed by atoms with Gasteiger partial charge in [0.2, 0.25) is 11.8 Å². The first-order valence-electron chi connectivity index (χ1n) is 8.96. The van der Waals surface area contributed by atoms with Gasteiger partial charge in [0.15, 0.2) is 0 Å². The van der Waals surface area contributed by atoms with Crippen LogP contribution < -0.4 is 19.7 Å². The van der Waals surface area contributed by atoms with Gasteiger partial charge in [-0.25, -0.2) is 0 Å². The number of amides is 2. The number of hydrogen-bond donors (Lipinski definition) is 1. The number of ether oxygens (including phenoxy) is 2. The van der Waals surface area contributed by atoms with Gasteiger partial charge in [0.1, 0.15) is 11.5 Å². The Labute approximate surface area is 159 Å². The standard InChI is InChI=1S/C21H24N2O4/c1-26-18-9-6-15(7-10-18)8-11-20(24)22-16-12-21(25)23(14-16)17-4-3-5-19(13-17)27-2/h3-7,9-10,13,16H,8,11-12,14H2,1-2H3,(H,22,24)/t16-/m0/s1. The smallest absolute Gasteiger partial charge is 0.229 e. The van der Waals surface area contributed by atoms with Crippen LogP contribution in [-0.4, -0.2) is 38.6 Å². The first kappa shape index (κ1) is 18.8. The predicted octanol–water partition coefficient (Wildman–Crippen LogP) is 2.56. The Morgan fingerprint density at radius 2 is 1.85 bits per heavy atom. The summed E-state index contributed by atoms with van der Waals surface area (Å²) in [5.41, 5.74) is 1.86. The van der Waals surface area contributed by atoms with Crippen molar-refractivity contribution >= 4 is 17.5 Å². The molecule has 1 heterocycles. The van der Waals surface area contributed by atoms with Crippen LogP contribution in [0.5, 0.6) is 11.5 Å². The summed E-state index contributed by atoms with van der Waals surface area (Å²) in [6.45, 7) is 0.472. The molecule has 1 atom stereocenters. The highest BCUT2D eigenvalue weighted by Crippen LogP contribution is 2.25. The summed E-state index contributed by atoms with van der Waals surface area (Å²) in [7, 11) is 3.22. The summed E-state index contributed by atoms with van der Waals surface area (Å²) in [5.74, 6) is 1.46. The monoisotopic (exact) mass is 368 g/mol. The molecule has 0 spiro atoms. The van der Waals surface area contributed by atoms with Crippen LogP contribution in [0.1, 0.15) is 18.4 Å². The number of aryl methyl sites for hydroxylation is 1. The van der Waals surface area contributed by atoms with Crippen LogP contribution in [0.3, 0.4) is 0 Å². The number of nitrogens with zero attached hydrogens (tertiary/aromatic N) is 1. The SMILES string of the molecule is COc1ccc(CCC(=O)N[C@H]2CC(=O)N(c3cccc(OC)c3)C2)cc1. The number of carbonyl (C=O) groups excluding carboxylic acids is 2. The fourth-order valence-electron chi connectivity index (χ4n) is 3.18. The van der Waals surface area contributed by atoms with Gasteiger partial charge in [-0.1, -0.05) is 18.2 Å². The summed E-state index contributed by atoms with van der Waals surface area (Å²) in [5, 5.41) is 2.97. The topological polar surface area (TPSA) is 67.9 Å². The Balaban J connectivity index is 1.51. The van der Waals surface area contributed by atoms with Crippen LogP contribution in [0.25, 0.3) is 0 Å². The van der Waals surface area contributed by atoms with Crippen LogP contribution in [0, 0.1) is 0 Å². The highest BCUT2D eigenvalue weighted by atomic mass is 16.5. The van der Waals surface area contributed by atoms with E-state index in [2.05, 4.69) is 5.32 Å². The lowest BCUT2D eigenvalue weighted by molar-refractivity contribution is -0.121. The van der Waals surface area contributed by atoms with Gasteiger partial charge in [-0.05, 0) is 36.2 Å². The molecule has 0 aliphatic carbocycles. The van der Waals surface area contributed by atoms with Crippen LogP contribution in [0.2, 0.25) is 0 Å². The number of rotatable bonds is 7. The summed E-state index contributed by atoms with van der Waals surface area (Å²) in [6, 6.07) is 14.9. The molecule has 0 aromatic heterocycles. The van der Waals surface area contributed by atoms with Crippen molar-refractivity contribution in [1.82, 2.24) is 5.32 Å². The Hall–Kier alpha value is -3.02. The number of anilines is 1. The van der Waals surface area contributed by atoms with Crippen LogP contribution in [-0.2, 0) is 16.0 Å². The molecule has 0 bridgehead atoms. The van der Waals surface area contributed by atoms with Gasteiger partial charge in [-0.15, -0.1) is 0 Å². The fraction of sp³-hybridized carbons (Fsp3) is 0.333. The van der Waals surface area contributed by atoms with E-state index in [0.717, 1.165) is 17.0 Å². The van der Waals surface area contributed by atoms with Crippen molar-refractivity contribution in [2.45, 2.75) is 25.3 Å². The molecule has 1 N–H and O–H groups in total. The number of methoxy groups -OCH3 is 2. The number of hydrogen-bond acceptors (Lipinski definition) is 4. The van der Waals surface area contributed by atoms with Crippen molar-refractivity contribution in [3.05, 3.63) is 54.1 Å². The van der Waals surface area contributed by atoms with Crippen LogP contribution in [0.15, 0.2) is 48.5 Å². The first-order valence-corrected chi connectivity index (χ1v) is 8.96. The molecule has 6 heteroatoms. The largest absolute Gasteiger partial charge is 0.497 e. The molecule has 1 aliphatic heterocycles. The lowest BCUT2D eigenvalue weighted by Gasteiger charge is -2.18. The highest BCUT2D eigenvalue weighted by Gasteiger charge is 2.31. The minimum Gasteiger partial charge on any atom is -0.497 e. The average Bonchev–Trinajstić information content (AvgIpc) is 3.06. The maximum Gasteiger partial charge on any atom is 0.229 e. The van der Waals surface area contributed by atoms with Gasteiger partial charge in [0, 0.05) is 31.1 Å². The zero-order valence-electron chi connectivity index (χ0n) is 15.6. The van der Waals surface area contributed by atoms with Crippen LogP contribution in [0.4, 0.5) is 5.69 Å². The van der Waals surface area contributed by atoms with E-state index in [-0.39, 0.29) is 17.9 Å². The van der Waals surface area contributed by atoms with Gasteiger partial charge in [-0.3, -0.25) is 9.59 Å². The average molecular weight is 368 g/mol. The van der Waals surface area contributed by atoms with E-state index in [9.17, 15) is 9.59 Å². The zero-order chi connectivity index (χ0) is 19.2. The highest BCUT2D eigenvalue weighted by molar-refractivity contribution is 5.97. The summed E-state index contributed by atoms with van der Waals surface area (Å²) >= 11 is 0. The van der Waals surface area contributed by atoms with E-state index in [1.165, 1.54) is 0 Å². The quantitative estimate of drug-likeness (QED) is 0.816. The number of carbonyl (C=O) groups is 2. The van der Waals surface area contributed by atoms with Crippen molar-refractivity contribution in [3.8, 4) is 11.5 Å². The molecular weight excluding hydrogens is 344 g/mol. The van der Waals surface area contributed by atoms with E-state index < -0.39 is 0 Å². The Bertz CT molecular complexity index is 804. The molecule has 0 unspecified atom stereocenters. The van der Waals surface area contributed by atoms with E-state index in [1.807, 2.05) is 48.5 Å². The molecule has 3 rings (SSSR count). The summed E-state index contributed by atoms with van der Waals surface area (Å²) in [6.07, 6.45) is 1.34. The summed E-state index contributed by atoms with van der Waals surface area (Å²) < 4.78 is 10.3. The molecule has 0 radical (unpaired) electrons. The van der Waals surface area contributed by atoms with Gasteiger partial charge in [-0.2, -0.15) is 0 Å². The minimum absolute atomic E-state index is 0.00343. The molecule has 2 aromatic carbocycles. The Morgan fingerprint density at radius 1 is 1.11 bits per heavy atom. The minimum atomic E-state index is -0.174. The zero-order valence-corrected chi connectivity index (χ0v) is 15.6. The fourth-order valence-corrected chi connectivity index (χ4v) is 3.18. The third-order valence-electron chi connectivity index (χ3n) is 4.65. The lowest BCUT2D eigenvalue weighted by atomic mass is 10.1. The van der Waals surface area contributed by atoms with Crippen molar-refractivity contribution in [2.24, 2.45) is 0 Å². The molecule has 2 amide bonds. The van der Waals surface area contributed by atoms with Crippen LogP contribution >= 0.6 is 0 Å². The molecular formula is C21H24N2O4. The van der Waals surface area contributed by atoms with Crippen molar-refractivity contribution in [3.63, 3.8) is 0 Å². The third-order valence-corrected chi connectivity index (χ3v) is 4.65. The molecule has 1 saturated heterocycles. The maximum atomic E-state index is 12.3. The van der Waals surface area contributed by atoms with E-state index in [0.29, 0.717) is 31.6 Å². The molecule has 27 heavy (non-hydrogen) atoms. The van der Waals surface area contributed by atoms with Gasteiger partial charge >= 0.3 is 0 Å². The van der Waals surface area contributed by atoms with E-state index >= 15 is 0 Å². The second-order valence-electron chi connectivity index (χ2n) is 6.52. The normalized spacial score (nSPS) is 16.3. The molecule has 6 nitrogen and oxygen atoms in total. The number of benzene rings is 2. The maximum absolute atomic E-state index is 12.3. The van der Waals surface area contributed by atoms with Gasteiger partial charge < -0.3 is 19.7 Å². The second-order valence-corrected chi connectivity index (χ2v) is 6.52. The van der Waals surface area contributed by atoms with Crippen molar-refractivity contribution in [2.75, 3.05) is 25.7 Å². The van der Waals surface area contributed by atoms with Crippen molar-refractivity contribution < 1.29 is 19.1 Å². The van der Waals surface area contributed by atoms with Gasteiger partial charge in [0.05, 0.1) is 20.3 Å². The van der Waals surface area contributed by atoms with Gasteiger partial charge in [0.25, 0.3) is 0 Å². The number of nitrogens with one attached hydrogen (secondary N) is 1. The molecule has 1 fully saturated rings. The van der Waals surface area contributed by atoms with E-state index in [4.69, 9.17) is 9.47 Å².